The summed E-state index contributed by atoms with van der Waals surface area (Å²) in [5.41, 5.74) is 0.884. The van der Waals surface area contributed by atoms with Crippen molar-refractivity contribution in [3.63, 3.8) is 0 Å². The smallest absolute Gasteiger partial charge is 0.350 e. The number of fused-ring (bicyclic) bond motifs is 3. The van der Waals surface area contributed by atoms with Crippen LogP contribution in [0.3, 0.4) is 0 Å². The van der Waals surface area contributed by atoms with E-state index in [-0.39, 0.29) is 11.5 Å². The van der Waals surface area contributed by atoms with Gasteiger partial charge in [-0.1, -0.05) is 48.5 Å². The summed E-state index contributed by atoms with van der Waals surface area (Å²) in [4.78, 5) is 14.1. The number of carbonyl (C=O) groups excluding carboxylic acids is 1. The second-order valence-corrected chi connectivity index (χ2v) is 8.97. The summed E-state index contributed by atoms with van der Waals surface area (Å²) >= 11 is 0. The van der Waals surface area contributed by atoms with E-state index in [1.54, 1.807) is 25.1 Å². The molecule has 0 fully saturated rings. The number of hydrogen-bond acceptors (Lipinski definition) is 6. The number of allylic oxidation sites excluding steroid dienone is 2. The van der Waals surface area contributed by atoms with Crippen LogP contribution in [0.4, 0.5) is 5.69 Å². The Kier molecular flexibility index (Phi) is 6.01. The molecule has 0 saturated carbocycles. The molecule has 3 aromatic rings. The average Bonchev–Trinajstić information content (AvgIpc) is 3.17. The Bertz CT molecular complexity index is 1330. The third kappa shape index (κ3) is 3.87. The van der Waals surface area contributed by atoms with Crippen molar-refractivity contribution in [2.45, 2.75) is 18.7 Å². The molecular weight excluding hydrogens is 426 g/mol. The maximum atomic E-state index is 13.1. The highest BCUT2D eigenvalue weighted by Gasteiger charge is 2.30. The number of anilines is 1. The second-order valence-electron chi connectivity index (χ2n) is 7.05. The fourth-order valence-corrected chi connectivity index (χ4v) is 4.92. The van der Waals surface area contributed by atoms with Gasteiger partial charge in [-0.05, 0) is 43.5 Å². The monoisotopic (exact) mass is 449 g/mol. The lowest BCUT2D eigenvalue weighted by molar-refractivity contribution is -0.137. The van der Waals surface area contributed by atoms with Crippen LogP contribution < -0.4 is 9.64 Å². The molecule has 1 aliphatic heterocycles. The van der Waals surface area contributed by atoms with Crippen molar-refractivity contribution in [2.24, 2.45) is 0 Å². The van der Waals surface area contributed by atoms with Gasteiger partial charge in [0, 0.05) is 18.0 Å². The van der Waals surface area contributed by atoms with E-state index in [9.17, 15) is 13.2 Å². The highest BCUT2D eigenvalue weighted by Crippen LogP contribution is 2.44. The molecule has 0 amide bonds. The van der Waals surface area contributed by atoms with Gasteiger partial charge in [0.05, 0.1) is 17.2 Å². The zero-order valence-corrected chi connectivity index (χ0v) is 18.6. The molecular formula is C25H23NO5S. The van der Waals surface area contributed by atoms with Crippen molar-refractivity contribution in [2.75, 3.05) is 18.1 Å². The van der Waals surface area contributed by atoms with Crippen LogP contribution in [-0.4, -0.2) is 27.5 Å². The largest absolute Gasteiger partial charge is 0.462 e. The topological polar surface area (TPSA) is 72.9 Å². The van der Waals surface area contributed by atoms with Crippen LogP contribution in [0.2, 0.25) is 0 Å². The molecule has 7 heteroatoms. The summed E-state index contributed by atoms with van der Waals surface area (Å²) in [6.07, 6.45) is 2.76. The standard InChI is InChI=1S/C25H23NO5S/c1-3-26-21-15-14-18-10-8-9-13-20(18)24(21)31-23(26)17-16-22(25(27)30-4-2)32(28,29)19-11-6-5-7-12-19/h5-17H,3-4H2,1-2H3/b22-16-,23-17-. The highest BCUT2D eigenvalue weighted by molar-refractivity contribution is 7.96. The van der Waals surface area contributed by atoms with Crippen molar-refractivity contribution in [3.8, 4) is 5.75 Å². The molecule has 0 saturated heterocycles. The van der Waals surface area contributed by atoms with Crippen molar-refractivity contribution < 1.29 is 22.7 Å². The normalized spacial score (nSPS) is 15.0. The van der Waals surface area contributed by atoms with Gasteiger partial charge >= 0.3 is 5.97 Å². The zero-order chi connectivity index (χ0) is 22.7. The van der Waals surface area contributed by atoms with Crippen LogP contribution in [0.15, 0.2) is 94.6 Å². The van der Waals surface area contributed by atoms with Gasteiger partial charge in [-0.15, -0.1) is 0 Å². The Hall–Kier alpha value is -3.58. The Morgan fingerprint density at radius 2 is 1.72 bits per heavy atom. The number of esters is 1. The summed E-state index contributed by atoms with van der Waals surface area (Å²) in [5, 5.41) is 2.00. The lowest BCUT2D eigenvalue weighted by atomic mass is 10.1. The molecule has 0 unspecified atom stereocenters. The van der Waals surface area contributed by atoms with Crippen molar-refractivity contribution in [3.05, 3.63) is 89.7 Å². The third-order valence-electron chi connectivity index (χ3n) is 5.14. The molecule has 0 aliphatic carbocycles. The maximum Gasteiger partial charge on any atom is 0.350 e. The predicted molar refractivity (Wildman–Crippen MR) is 124 cm³/mol. The Balaban J connectivity index is 1.79. The molecule has 0 radical (unpaired) electrons. The number of nitrogens with zero attached hydrogens (tertiary/aromatic N) is 1. The Morgan fingerprint density at radius 3 is 2.44 bits per heavy atom. The van der Waals surface area contributed by atoms with Crippen LogP contribution in [-0.2, 0) is 19.4 Å². The second kappa shape index (κ2) is 8.88. The maximum absolute atomic E-state index is 13.1. The van der Waals surface area contributed by atoms with Crippen LogP contribution in [0.1, 0.15) is 13.8 Å². The number of hydrogen-bond donors (Lipinski definition) is 0. The van der Waals surface area contributed by atoms with Gasteiger partial charge in [-0.3, -0.25) is 0 Å². The van der Waals surface area contributed by atoms with E-state index in [4.69, 9.17) is 9.47 Å². The lowest BCUT2D eigenvalue weighted by Crippen LogP contribution is -2.20. The quantitative estimate of drug-likeness (QED) is 0.397. The third-order valence-corrected chi connectivity index (χ3v) is 6.91. The van der Waals surface area contributed by atoms with Gasteiger partial charge < -0.3 is 14.4 Å². The lowest BCUT2D eigenvalue weighted by Gasteiger charge is -2.15. The molecule has 0 spiro atoms. The molecule has 1 heterocycles. The summed E-state index contributed by atoms with van der Waals surface area (Å²) in [5.74, 6) is 0.231. The molecule has 0 bridgehead atoms. The van der Waals surface area contributed by atoms with Crippen molar-refractivity contribution in [1.29, 1.82) is 0 Å². The summed E-state index contributed by atoms with van der Waals surface area (Å²) in [6, 6.07) is 19.7. The van der Waals surface area contributed by atoms with E-state index in [1.807, 2.05) is 48.2 Å². The summed E-state index contributed by atoms with van der Waals surface area (Å²) in [6.45, 7) is 4.26. The van der Waals surface area contributed by atoms with Crippen LogP contribution in [0.25, 0.3) is 10.8 Å². The minimum absolute atomic E-state index is 0.0201. The minimum atomic E-state index is -4.07. The van der Waals surface area contributed by atoms with Crippen LogP contribution >= 0.6 is 0 Å². The molecule has 0 aromatic heterocycles. The van der Waals surface area contributed by atoms with E-state index in [0.29, 0.717) is 18.2 Å². The molecule has 4 rings (SSSR count). The summed E-state index contributed by atoms with van der Waals surface area (Å²) in [7, 11) is -4.07. The predicted octanol–water partition coefficient (Wildman–Crippen LogP) is 4.82. The van der Waals surface area contributed by atoms with Gasteiger partial charge in [0.15, 0.2) is 10.7 Å². The van der Waals surface area contributed by atoms with Crippen molar-refractivity contribution >= 4 is 32.3 Å². The van der Waals surface area contributed by atoms with Gasteiger partial charge in [0.1, 0.15) is 0 Å². The molecule has 3 aromatic carbocycles. The van der Waals surface area contributed by atoms with Gasteiger partial charge in [-0.2, -0.15) is 0 Å². The Morgan fingerprint density at radius 1 is 1.00 bits per heavy atom. The zero-order valence-electron chi connectivity index (χ0n) is 17.8. The summed E-state index contributed by atoms with van der Waals surface area (Å²) < 4.78 is 37.4. The molecule has 164 valence electrons. The minimum Gasteiger partial charge on any atom is -0.462 e. The number of sulfone groups is 1. The molecule has 0 atom stereocenters. The molecule has 0 N–H and O–H groups in total. The van der Waals surface area contributed by atoms with Crippen LogP contribution in [0, 0.1) is 0 Å². The van der Waals surface area contributed by atoms with Gasteiger partial charge in [0.25, 0.3) is 0 Å². The van der Waals surface area contributed by atoms with E-state index < -0.39 is 20.7 Å². The fourth-order valence-electron chi connectivity index (χ4n) is 3.62. The SMILES string of the molecule is CCOC(=O)/C(=C/C=C1\Oc2c(ccc3ccccc23)N1CC)S(=O)(=O)c1ccccc1. The van der Waals surface area contributed by atoms with Gasteiger partial charge in [0.2, 0.25) is 15.7 Å². The first-order chi connectivity index (χ1) is 15.5. The van der Waals surface area contributed by atoms with Crippen molar-refractivity contribution in [1.82, 2.24) is 0 Å². The average molecular weight is 450 g/mol. The Labute approximate surface area is 187 Å². The molecule has 6 nitrogen and oxygen atoms in total. The van der Waals surface area contributed by atoms with Gasteiger partial charge in [-0.25, -0.2) is 13.2 Å². The first kappa shape index (κ1) is 21.6. The molecule has 32 heavy (non-hydrogen) atoms. The van der Waals surface area contributed by atoms with E-state index in [2.05, 4.69) is 0 Å². The number of ether oxygens (including phenoxy) is 2. The number of carbonyl (C=O) groups is 1. The number of benzene rings is 3. The molecule has 1 aliphatic rings. The highest BCUT2D eigenvalue weighted by atomic mass is 32.2. The van der Waals surface area contributed by atoms with E-state index >= 15 is 0 Å². The first-order valence-electron chi connectivity index (χ1n) is 10.3. The first-order valence-corrected chi connectivity index (χ1v) is 11.8. The van der Waals surface area contributed by atoms with E-state index in [0.717, 1.165) is 16.5 Å². The fraction of sp³-hybridized carbons (Fsp3) is 0.160. The van der Waals surface area contributed by atoms with Crippen LogP contribution in [0.5, 0.6) is 5.75 Å². The van der Waals surface area contributed by atoms with E-state index in [1.165, 1.54) is 24.3 Å². The number of rotatable bonds is 6.